The Bertz CT molecular complexity index is 840. The Labute approximate surface area is 141 Å². The van der Waals surface area contributed by atoms with Gasteiger partial charge in [0.15, 0.2) is 5.65 Å². The Morgan fingerprint density at radius 2 is 2.00 bits per heavy atom. The number of imidazole rings is 1. The third-order valence-corrected chi connectivity index (χ3v) is 4.94. The molecule has 3 amide bonds. The van der Waals surface area contributed by atoms with Crippen LogP contribution in [0.4, 0.5) is 13.6 Å². The molecule has 132 valence electrons. The molecule has 0 aromatic carbocycles. The van der Waals surface area contributed by atoms with Gasteiger partial charge in [-0.25, -0.2) is 23.1 Å². The highest BCUT2D eigenvalue weighted by Gasteiger charge is 2.37. The third kappa shape index (κ3) is 2.94. The molecule has 1 saturated heterocycles. The molecular weight excluding hydrogens is 332 g/mol. The van der Waals surface area contributed by atoms with Crippen LogP contribution < -0.4 is 10.6 Å². The SMILES string of the molecule is O=C1NCC(c2cc(C3CCC(F)(F)CC3)c3nccn3n2)C(=O)N1. The van der Waals surface area contributed by atoms with Crippen molar-refractivity contribution in [3.8, 4) is 0 Å². The second kappa shape index (κ2) is 5.75. The van der Waals surface area contributed by atoms with Crippen molar-refractivity contribution in [3.05, 3.63) is 29.7 Å². The van der Waals surface area contributed by atoms with Gasteiger partial charge in [-0.1, -0.05) is 0 Å². The molecule has 1 unspecified atom stereocenters. The number of fused-ring (bicyclic) bond motifs is 1. The maximum atomic E-state index is 13.5. The summed E-state index contributed by atoms with van der Waals surface area (Å²) < 4.78 is 28.5. The first-order valence-corrected chi connectivity index (χ1v) is 8.24. The number of rotatable bonds is 2. The number of nitrogens with one attached hydrogen (secondary N) is 2. The first-order valence-electron chi connectivity index (χ1n) is 8.24. The van der Waals surface area contributed by atoms with Crippen LogP contribution in [0.25, 0.3) is 5.65 Å². The van der Waals surface area contributed by atoms with E-state index in [0.29, 0.717) is 24.2 Å². The Hall–Kier alpha value is -2.58. The van der Waals surface area contributed by atoms with E-state index in [4.69, 9.17) is 0 Å². The molecule has 1 aliphatic carbocycles. The standard InChI is InChI=1S/C16H17F2N5O2/c17-16(18)3-1-9(2-4-16)10-7-12(22-23-6-5-19-13(10)23)11-8-20-15(25)21-14(11)24/h5-7,9,11H,1-4,8H2,(H2,20,21,24,25). The van der Waals surface area contributed by atoms with Gasteiger partial charge in [0.1, 0.15) is 0 Å². The van der Waals surface area contributed by atoms with Gasteiger partial charge >= 0.3 is 6.03 Å². The fraction of sp³-hybridized carbons (Fsp3) is 0.500. The molecule has 4 rings (SSSR count). The molecule has 0 spiro atoms. The van der Waals surface area contributed by atoms with Gasteiger partial charge < -0.3 is 5.32 Å². The summed E-state index contributed by atoms with van der Waals surface area (Å²) in [7, 11) is 0. The Morgan fingerprint density at radius 1 is 1.24 bits per heavy atom. The number of halogens is 2. The van der Waals surface area contributed by atoms with E-state index in [1.54, 1.807) is 23.0 Å². The predicted molar refractivity (Wildman–Crippen MR) is 83.4 cm³/mol. The molecule has 2 N–H and O–H groups in total. The van der Waals surface area contributed by atoms with E-state index in [9.17, 15) is 18.4 Å². The normalized spacial score (nSPS) is 24.2. The summed E-state index contributed by atoms with van der Waals surface area (Å²) in [5.74, 6) is -3.69. The molecule has 0 bridgehead atoms. The van der Waals surface area contributed by atoms with Crippen molar-refractivity contribution < 1.29 is 18.4 Å². The zero-order chi connectivity index (χ0) is 17.6. The van der Waals surface area contributed by atoms with E-state index in [0.717, 1.165) is 5.56 Å². The van der Waals surface area contributed by atoms with Crippen LogP contribution in [0.1, 0.15) is 48.8 Å². The summed E-state index contributed by atoms with van der Waals surface area (Å²) in [5, 5.41) is 9.22. The van der Waals surface area contributed by atoms with E-state index < -0.39 is 23.8 Å². The molecule has 1 atom stereocenters. The molecule has 2 aromatic rings. The lowest BCUT2D eigenvalue weighted by molar-refractivity contribution is -0.122. The number of carbonyl (C=O) groups is 2. The maximum absolute atomic E-state index is 13.5. The largest absolute Gasteiger partial charge is 0.337 e. The van der Waals surface area contributed by atoms with E-state index in [1.165, 1.54) is 0 Å². The molecule has 2 aliphatic rings. The van der Waals surface area contributed by atoms with Crippen LogP contribution in [-0.2, 0) is 4.79 Å². The first-order chi connectivity index (χ1) is 11.9. The second-order valence-corrected chi connectivity index (χ2v) is 6.60. The highest BCUT2D eigenvalue weighted by atomic mass is 19.3. The van der Waals surface area contributed by atoms with Gasteiger partial charge in [0.2, 0.25) is 11.8 Å². The van der Waals surface area contributed by atoms with Crippen molar-refractivity contribution in [1.29, 1.82) is 0 Å². The number of amides is 3. The van der Waals surface area contributed by atoms with Crippen molar-refractivity contribution in [1.82, 2.24) is 25.2 Å². The lowest BCUT2D eigenvalue weighted by Crippen LogP contribution is -2.51. The number of imide groups is 1. The average molecular weight is 349 g/mol. The molecule has 7 nitrogen and oxygen atoms in total. The smallest absolute Gasteiger partial charge is 0.321 e. The Morgan fingerprint density at radius 3 is 2.72 bits per heavy atom. The lowest BCUT2D eigenvalue weighted by Gasteiger charge is -2.29. The summed E-state index contributed by atoms with van der Waals surface area (Å²) in [6, 6.07) is 1.25. The summed E-state index contributed by atoms with van der Waals surface area (Å²) in [6.45, 7) is 0.153. The Kier molecular flexibility index (Phi) is 3.66. The van der Waals surface area contributed by atoms with Gasteiger partial charge in [-0.05, 0) is 24.8 Å². The van der Waals surface area contributed by atoms with E-state index in [-0.39, 0.29) is 25.3 Å². The van der Waals surface area contributed by atoms with Crippen molar-refractivity contribution in [2.75, 3.05) is 6.54 Å². The molecule has 2 aromatic heterocycles. The van der Waals surface area contributed by atoms with Gasteiger partial charge in [-0.15, -0.1) is 0 Å². The number of aromatic nitrogens is 3. The number of urea groups is 1. The highest BCUT2D eigenvalue weighted by molar-refractivity contribution is 6.00. The van der Waals surface area contributed by atoms with E-state index in [1.807, 2.05) is 0 Å². The van der Waals surface area contributed by atoms with Crippen LogP contribution in [0.2, 0.25) is 0 Å². The topological polar surface area (TPSA) is 88.4 Å². The van der Waals surface area contributed by atoms with Crippen molar-refractivity contribution in [2.24, 2.45) is 0 Å². The first kappa shape index (κ1) is 15.9. The Balaban J connectivity index is 1.71. The number of alkyl halides is 2. The number of hydrogen-bond donors (Lipinski definition) is 2. The van der Waals surface area contributed by atoms with Gasteiger partial charge in [-0.2, -0.15) is 5.10 Å². The quantitative estimate of drug-likeness (QED) is 0.867. The summed E-state index contributed by atoms with van der Waals surface area (Å²) >= 11 is 0. The zero-order valence-corrected chi connectivity index (χ0v) is 13.3. The number of nitrogens with zero attached hydrogens (tertiary/aromatic N) is 3. The lowest BCUT2D eigenvalue weighted by atomic mass is 9.82. The molecular formula is C16H17F2N5O2. The zero-order valence-electron chi connectivity index (χ0n) is 13.3. The predicted octanol–water partition coefficient (Wildman–Crippen LogP) is 1.95. The molecule has 3 heterocycles. The molecule has 1 aliphatic heterocycles. The van der Waals surface area contributed by atoms with E-state index >= 15 is 0 Å². The minimum Gasteiger partial charge on any atom is -0.337 e. The number of hydrogen-bond acceptors (Lipinski definition) is 4. The molecule has 2 fully saturated rings. The van der Waals surface area contributed by atoms with Crippen molar-refractivity contribution in [2.45, 2.75) is 43.4 Å². The fourth-order valence-electron chi connectivity index (χ4n) is 3.55. The van der Waals surface area contributed by atoms with Gasteiger partial charge in [0.05, 0.1) is 11.6 Å². The maximum Gasteiger partial charge on any atom is 0.321 e. The monoisotopic (exact) mass is 349 g/mol. The second-order valence-electron chi connectivity index (χ2n) is 6.60. The summed E-state index contributed by atoms with van der Waals surface area (Å²) in [6.07, 6.45) is 3.69. The van der Waals surface area contributed by atoms with Crippen LogP contribution >= 0.6 is 0 Å². The van der Waals surface area contributed by atoms with Gasteiger partial charge in [0.25, 0.3) is 0 Å². The van der Waals surface area contributed by atoms with Gasteiger partial charge in [-0.3, -0.25) is 10.1 Å². The third-order valence-electron chi connectivity index (χ3n) is 4.94. The van der Waals surface area contributed by atoms with Crippen LogP contribution in [0.5, 0.6) is 0 Å². The van der Waals surface area contributed by atoms with E-state index in [2.05, 4.69) is 20.7 Å². The summed E-state index contributed by atoms with van der Waals surface area (Å²) in [4.78, 5) is 27.7. The van der Waals surface area contributed by atoms with Gasteiger partial charge in [0, 0.05) is 37.3 Å². The average Bonchev–Trinajstić information content (AvgIpc) is 3.02. The van der Waals surface area contributed by atoms with Crippen LogP contribution in [0.3, 0.4) is 0 Å². The highest BCUT2D eigenvalue weighted by Crippen LogP contribution is 2.42. The van der Waals surface area contributed by atoms with Crippen LogP contribution in [0.15, 0.2) is 18.5 Å². The minimum atomic E-state index is -2.61. The van der Waals surface area contributed by atoms with Crippen molar-refractivity contribution >= 4 is 17.6 Å². The van der Waals surface area contributed by atoms with Crippen LogP contribution in [-0.4, -0.2) is 39.0 Å². The van der Waals surface area contributed by atoms with Crippen LogP contribution in [0, 0.1) is 0 Å². The fourth-order valence-corrected chi connectivity index (χ4v) is 3.55. The molecule has 9 heteroatoms. The molecule has 25 heavy (non-hydrogen) atoms. The molecule has 1 saturated carbocycles. The summed E-state index contributed by atoms with van der Waals surface area (Å²) in [5.41, 5.74) is 1.95. The minimum absolute atomic E-state index is 0.0486. The van der Waals surface area contributed by atoms with Crippen molar-refractivity contribution in [3.63, 3.8) is 0 Å². The molecule has 0 radical (unpaired) electrons. The number of carbonyl (C=O) groups excluding carboxylic acids is 2.